The van der Waals surface area contributed by atoms with Gasteiger partial charge in [-0.3, -0.25) is 4.79 Å². The summed E-state index contributed by atoms with van der Waals surface area (Å²) in [6.07, 6.45) is 9.64. The summed E-state index contributed by atoms with van der Waals surface area (Å²) in [5, 5.41) is 3.59. The van der Waals surface area contributed by atoms with Crippen molar-refractivity contribution in [3.63, 3.8) is 0 Å². The first kappa shape index (κ1) is 19.6. The van der Waals surface area contributed by atoms with E-state index < -0.39 is 0 Å². The number of nitrogens with one attached hydrogen (secondary N) is 1. The Labute approximate surface area is 178 Å². The van der Waals surface area contributed by atoms with E-state index in [4.69, 9.17) is 4.74 Å². The summed E-state index contributed by atoms with van der Waals surface area (Å²) in [5.74, 6) is 1.45. The molecule has 2 aromatic rings. The summed E-state index contributed by atoms with van der Waals surface area (Å²) in [6, 6.07) is 11.3. The zero-order valence-electron chi connectivity index (χ0n) is 17.8. The maximum Gasteiger partial charge on any atom is 0.272 e. The number of pyridine rings is 1. The minimum atomic E-state index is -0.0102. The van der Waals surface area contributed by atoms with Gasteiger partial charge in [-0.25, -0.2) is 4.98 Å². The minimum Gasteiger partial charge on any atom is -0.492 e. The van der Waals surface area contributed by atoms with Gasteiger partial charge >= 0.3 is 0 Å². The predicted molar refractivity (Wildman–Crippen MR) is 117 cm³/mol. The van der Waals surface area contributed by atoms with Crippen molar-refractivity contribution in [2.24, 2.45) is 5.92 Å². The number of aryl methyl sites for hydroxylation is 1. The SMILES string of the molecule is CN(C(=O)c1ccc(OCC2CC2)cn1)C1CCc2cc([C@@H]3CCCN3)ccc2C1. The number of hydrogen-bond donors (Lipinski definition) is 1. The van der Waals surface area contributed by atoms with E-state index in [1.165, 1.54) is 42.4 Å². The van der Waals surface area contributed by atoms with Crippen LogP contribution in [-0.2, 0) is 12.8 Å². The number of likely N-dealkylation sites (N-methyl/N-ethyl adjacent to an activating group) is 1. The molecule has 2 fully saturated rings. The Morgan fingerprint density at radius 1 is 1.17 bits per heavy atom. The highest BCUT2D eigenvalue weighted by atomic mass is 16.5. The Morgan fingerprint density at radius 2 is 2.07 bits per heavy atom. The average molecular weight is 406 g/mol. The van der Waals surface area contributed by atoms with Crippen molar-refractivity contribution < 1.29 is 9.53 Å². The van der Waals surface area contributed by atoms with Gasteiger partial charge in [0.15, 0.2) is 0 Å². The van der Waals surface area contributed by atoms with Crippen LogP contribution in [0.5, 0.6) is 5.75 Å². The van der Waals surface area contributed by atoms with Crippen LogP contribution in [-0.4, -0.2) is 42.0 Å². The van der Waals surface area contributed by atoms with Crippen LogP contribution in [0.1, 0.15) is 65.3 Å². The molecule has 1 unspecified atom stereocenters. The number of aromatic nitrogens is 1. The van der Waals surface area contributed by atoms with Crippen LogP contribution < -0.4 is 10.1 Å². The van der Waals surface area contributed by atoms with Gasteiger partial charge in [0.05, 0.1) is 12.8 Å². The van der Waals surface area contributed by atoms with E-state index in [0.717, 1.165) is 38.2 Å². The van der Waals surface area contributed by atoms with E-state index in [1.54, 1.807) is 12.3 Å². The number of rotatable bonds is 6. The molecule has 2 atom stereocenters. The van der Waals surface area contributed by atoms with E-state index >= 15 is 0 Å². The number of nitrogens with zero attached hydrogens (tertiary/aromatic N) is 2. The van der Waals surface area contributed by atoms with Crippen LogP contribution >= 0.6 is 0 Å². The van der Waals surface area contributed by atoms with Crippen LogP contribution in [0.25, 0.3) is 0 Å². The molecule has 0 radical (unpaired) electrons. The molecule has 1 N–H and O–H groups in total. The Bertz CT molecular complexity index is 901. The molecule has 1 aromatic carbocycles. The Balaban J connectivity index is 1.22. The lowest BCUT2D eigenvalue weighted by molar-refractivity contribution is 0.0713. The number of ether oxygens (including phenoxy) is 1. The van der Waals surface area contributed by atoms with Crippen molar-refractivity contribution in [2.45, 2.75) is 57.0 Å². The molecule has 1 amide bonds. The van der Waals surface area contributed by atoms with Gasteiger partial charge < -0.3 is 15.0 Å². The van der Waals surface area contributed by atoms with Crippen molar-refractivity contribution in [2.75, 3.05) is 20.2 Å². The lowest BCUT2D eigenvalue weighted by Gasteiger charge is -2.33. The van der Waals surface area contributed by atoms with Gasteiger partial charge in [0.25, 0.3) is 5.91 Å². The van der Waals surface area contributed by atoms with Crippen molar-refractivity contribution in [1.29, 1.82) is 0 Å². The van der Waals surface area contributed by atoms with Crippen molar-refractivity contribution in [3.8, 4) is 5.75 Å². The summed E-state index contributed by atoms with van der Waals surface area (Å²) >= 11 is 0. The number of amides is 1. The maximum absolute atomic E-state index is 13.0. The maximum atomic E-state index is 13.0. The molecule has 30 heavy (non-hydrogen) atoms. The highest BCUT2D eigenvalue weighted by molar-refractivity contribution is 5.92. The number of fused-ring (bicyclic) bond motifs is 1. The first-order chi connectivity index (χ1) is 14.7. The zero-order valence-corrected chi connectivity index (χ0v) is 17.8. The van der Waals surface area contributed by atoms with Gasteiger partial charge in [-0.1, -0.05) is 18.2 Å². The molecule has 3 aliphatic rings. The number of carbonyl (C=O) groups excluding carboxylic acids is 1. The summed E-state index contributed by atoms with van der Waals surface area (Å²) in [6.45, 7) is 1.88. The first-order valence-electron chi connectivity index (χ1n) is 11.4. The summed E-state index contributed by atoms with van der Waals surface area (Å²) in [5.41, 5.74) is 4.74. The molecule has 1 aromatic heterocycles. The fourth-order valence-corrected chi connectivity index (χ4v) is 4.71. The Morgan fingerprint density at radius 3 is 2.80 bits per heavy atom. The number of benzene rings is 1. The van der Waals surface area contributed by atoms with Gasteiger partial charge in [0.1, 0.15) is 11.4 Å². The fraction of sp³-hybridized carbons (Fsp3) is 0.520. The van der Waals surface area contributed by atoms with E-state index in [1.807, 2.05) is 18.0 Å². The monoisotopic (exact) mass is 405 g/mol. The summed E-state index contributed by atoms with van der Waals surface area (Å²) < 4.78 is 5.74. The second-order valence-corrected chi connectivity index (χ2v) is 9.12. The lowest BCUT2D eigenvalue weighted by Crippen LogP contribution is -2.41. The van der Waals surface area contributed by atoms with Crippen molar-refractivity contribution in [3.05, 3.63) is 58.9 Å². The molecule has 5 nitrogen and oxygen atoms in total. The minimum absolute atomic E-state index is 0.0102. The van der Waals surface area contributed by atoms with Gasteiger partial charge in [0.2, 0.25) is 0 Å². The van der Waals surface area contributed by atoms with Crippen LogP contribution in [0.15, 0.2) is 36.5 Å². The molecule has 1 saturated heterocycles. The lowest BCUT2D eigenvalue weighted by atomic mass is 9.85. The second-order valence-electron chi connectivity index (χ2n) is 9.12. The third-order valence-electron chi connectivity index (χ3n) is 6.90. The van der Waals surface area contributed by atoms with Gasteiger partial charge in [-0.15, -0.1) is 0 Å². The number of carbonyl (C=O) groups is 1. The Kier molecular flexibility index (Phi) is 5.47. The molecule has 2 heterocycles. The third kappa shape index (κ3) is 4.22. The molecule has 5 rings (SSSR count). The van der Waals surface area contributed by atoms with Crippen molar-refractivity contribution >= 4 is 5.91 Å². The molecule has 0 spiro atoms. The quantitative estimate of drug-likeness (QED) is 0.791. The highest BCUT2D eigenvalue weighted by Gasteiger charge is 2.27. The molecule has 1 aliphatic heterocycles. The molecule has 158 valence electrons. The van der Waals surface area contributed by atoms with E-state index in [9.17, 15) is 4.79 Å². The second kappa shape index (κ2) is 8.38. The van der Waals surface area contributed by atoms with Crippen LogP contribution in [0, 0.1) is 5.92 Å². The summed E-state index contributed by atoms with van der Waals surface area (Å²) in [7, 11) is 1.91. The first-order valence-corrected chi connectivity index (χ1v) is 11.4. The van der Waals surface area contributed by atoms with Crippen LogP contribution in [0.2, 0.25) is 0 Å². The predicted octanol–water partition coefficient (Wildman–Crippen LogP) is 3.92. The molecular weight excluding hydrogens is 374 g/mol. The number of hydrogen-bond acceptors (Lipinski definition) is 4. The smallest absolute Gasteiger partial charge is 0.272 e. The zero-order chi connectivity index (χ0) is 20.5. The summed E-state index contributed by atoms with van der Waals surface area (Å²) in [4.78, 5) is 19.2. The molecular formula is C25H31N3O2. The van der Waals surface area contributed by atoms with Crippen molar-refractivity contribution in [1.82, 2.24) is 15.2 Å². The fourth-order valence-electron chi connectivity index (χ4n) is 4.71. The van der Waals surface area contributed by atoms with E-state index in [0.29, 0.717) is 17.7 Å². The van der Waals surface area contributed by atoms with Crippen LogP contribution in [0.4, 0.5) is 0 Å². The van der Waals surface area contributed by atoms with E-state index in [-0.39, 0.29) is 11.9 Å². The average Bonchev–Trinajstić information content (AvgIpc) is 3.46. The van der Waals surface area contributed by atoms with Gasteiger partial charge in [-0.2, -0.15) is 0 Å². The largest absolute Gasteiger partial charge is 0.492 e. The normalized spacial score (nSPS) is 23.1. The third-order valence-corrected chi connectivity index (χ3v) is 6.90. The molecule has 5 heteroatoms. The van der Waals surface area contributed by atoms with E-state index in [2.05, 4.69) is 28.5 Å². The molecule has 0 bridgehead atoms. The highest BCUT2D eigenvalue weighted by Crippen LogP contribution is 2.31. The van der Waals surface area contributed by atoms with Gasteiger partial charge in [-0.05, 0) is 86.2 Å². The topological polar surface area (TPSA) is 54.5 Å². The molecule has 2 aliphatic carbocycles. The standard InChI is InChI=1S/C25H31N3O2/c1-28(25(29)24-11-10-22(15-27-24)30-16-17-4-5-17)21-9-8-18-13-20(7-6-19(18)14-21)23-3-2-12-26-23/h6-7,10-11,13,15,17,21,23,26H,2-5,8-9,12,14,16H2,1H3/t21?,23-/m0/s1. The Hall–Kier alpha value is -2.40. The molecule has 1 saturated carbocycles. The van der Waals surface area contributed by atoms with Crippen LogP contribution in [0.3, 0.4) is 0 Å². The van der Waals surface area contributed by atoms with Gasteiger partial charge in [0, 0.05) is 19.1 Å².